The summed E-state index contributed by atoms with van der Waals surface area (Å²) in [7, 11) is -1.96. The van der Waals surface area contributed by atoms with E-state index < -0.39 is 25.7 Å². The molecule has 7 heteroatoms. The lowest BCUT2D eigenvalue weighted by Gasteiger charge is -2.40. The van der Waals surface area contributed by atoms with Gasteiger partial charge in [-0.15, -0.1) is 0 Å². The first-order valence-corrected chi connectivity index (χ1v) is 11.5. The van der Waals surface area contributed by atoms with Crippen LogP contribution < -0.4 is 4.90 Å². The van der Waals surface area contributed by atoms with Crippen LogP contribution in [0.15, 0.2) is 12.1 Å². The Balaban J connectivity index is 1.74. The van der Waals surface area contributed by atoms with Gasteiger partial charge in [0.25, 0.3) is 0 Å². The average Bonchev–Trinajstić information content (AvgIpc) is 3.08. The summed E-state index contributed by atoms with van der Waals surface area (Å²) in [5.41, 5.74) is -0.0316. The highest BCUT2D eigenvalue weighted by molar-refractivity contribution is 6.74. The van der Waals surface area contributed by atoms with Crippen molar-refractivity contribution in [2.45, 2.75) is 57.2 Å². The lowest BCUT2D eigenvalue weighted by molar-refractivity contribution is 0.0410. The molecule has 2 fully saturated rings. The van der Waals surface area contributed by atoms with E-state index in [0.29, 0.717) is 19.5 Å². The number of anilines is 1. The monoisotopic (exact) mass is 375 g/mol. The van der Waals surface area contributed by atoms with Gasteiger partial charge in [-0.2, -0.15) is 0 Å². The Labute approximate surface area is 148 Å². The molecule has 2 aliphatic heterocycles. The average molecular weight is 376 g/mol. The zero-order chi connectivity index (χ0) is 17.9. The minimum atomic E-state index is -1.96. The van der Waals surface area contributed by atoms with Crippen LogP contribution in [-0.4, -0.2) is 33.3 Å². The van der Waals surface area contributed by atoms with E-state index in [1.54, 1.807) is 4.90 Å². The van der Waals surface area contributed by atoms with Crippen LogP contribution in [0.3, 0.4) is 0 Å². The Morgan fingerprint density at radius 2 is 1.88 bits per heavy atom. The Morgan fingerprint density at radius 3 is 2.38 bits per heavy atom. The molecule has 0 aliphatic carbocycles. The summed E-state index contributed by atoms with van der Waals surface area (Å²) in [6.45, 7) is 11.8. The van der Waals surface area contributed by atoms with Gasteiger partial charge in [0.15, 0.2) is 25.7 Å². The SMILES string of the molecule is CC(C)(C)[Si](C)(C)O[C@]12CCN(c3c(F)cc(Cl)cc3F)C[C@H]1O2. The lowest BCUT2D eigenvalue weighted by atomic mass is 10.1. The largest absolute Gasteiger partial charge is 0.388 e. The molecule has 0 radical (unpaired) electrons. The van der Waals surface area contributed by atoms with Crippen LogP contribution >= 0.6 is 11.6 Å². The normalized spacial score (nSPS) is 27.2. The van der Waals surface area contributed by atoms with Gasteiger partial charge < -0.3 is 14.1 Å². The van der Waals surface area contributed by atoms with Crippen molar-refractivity contribution < 1.29 is 17.9 Å². The molecule has 0 unspecified atom stereocenters. The zero-order valence-electron chi connectivity index (χ0n) is 14.8. The molecular formula is C17H24ClF2NO2Si. The van der Waals surface area contributed by atoms with Gasteiger partial charge in [-0.3, -0.25) is 0 Å². The van der Waals surface area contributed by atoms with Crippen molar-refractivity contribution in [3.05, 3.63) is 28.8 Å². The van der Waals surface area contributed by atoms with E-state index in [4.69, 9.17) is 20.8 Å². The first-order valence-electron chi connectivity index (χ1n) is 8.23. The fraction of sp³-hybridized carbons (Fsp3) is 0.647. The molecule has 0 bridgehead atoms. The maximum absolute atomic E-state index is 14.1. The van der Waals surface area contributed by atoms with Crippen LogP contribution in [-0.2, 0) is 9.16 Å². The predicted octanol–water partition coefficient (Wildman–Crippen LogP) is 4.95. The highest BCUT2D eigenvalue weighted by Gasteiger charge is 2.63. The summed E-state index contributed by atoms with van der Waals surface area (Å²) in [4.78, 5) is 1.69. The van der Waals surface area contributed by atoms with Gasteiger partial charge >= 0.3 is 0 Å². The first kappa shape index (κ1) is 18.1. The second-order valence-corrected chi connectivity index (χ2v) is 13.4. The van der Waals surface area contributed by atoms with Crippen molar-refractivity contribution in [2.75, 3.05) is 18.0 Å². The number of rotatable bonds is 3. The molecule has 1 aromatic rings. The molecule has 0 spiro atoms. The van der Waals surface area contributed by atoms with Gasteiger partial charge in [-0.1, -0.05) is 32.4 Å². The second-order valence-electron chi connectivity index (χ2n) is 8.19. The number of benzene rings is 1. The summed E-state index contributed by atoms with van der Waals surface area (Å²) >= 11 is 5.70. The number of ether oxygens (including phenoxy) is 1. The van der Waals surface area contributed by atoms with Gasteiger partial charge in [0, 0.05) is 24.5 Å². The number of nitrogens with zero attached hydrogens (tertiary/aromatic N) is 1. The van der Waals surface area contributed by atoms with Crippen LogP contribution in [0.1, 0.15) is 27.2 Å². The van der Waals surface area contributed by atoms with E-state index in [0.717, 1.165) is 12.1 Å². The van der Waals surface area contributed by atoms with E-state index in [-0.39, 0.29) is 21.9 Å². The fourth-order valence-electron chi connectivity index (χ4n) is 2.95. The standard InChI is InChI=1S/C17H24ClF2NO2Si/c1-16(2,3)24(4,5)23-17-6-7-21(10-14(17)22-17)15-12(19)8-11(18)9-13(15)20/h8-9,14H,6-7,10H2,1-5H3/t14-,17-/m1/s1. The minimum absolute atomic E-state index is 0.0316. The number of piperidine rings is 1. The molecule has 2 saturated heterocycles. The number of epoxide rings is 1. The van der Waals surface area contributed by atoms with Gasteiger partial charge in [0.1, 0.15) is 11.8 Å². The highest BCUT2D eigenvalue weighted by Crippen LogP contribution is 2.51. The molecule has 0 saturated carbocycles. The lowest BCUT2D eigenvalue weighted by Crippen LogP contribution is -2.50. The quantitative estimate of drug-likeness (QED) is 0.552. The van der Waals surface area contributed by atoms with Gasteiger partial charge in [-0.25, -0.2) is 8.78 Å². The van der Waals surface area contributed by atoms with E-state index in [2.05, 4.69) is 33.9 Å². The minimum Gasteiger partial charge on any atom is -0.388 e. The van der Waals surface area contributed by atoms with Crippen LogP contribution in [0.25, 0.3) is 0 Å². The predicted molar refractivity (Wildman–Crippen MR) is 94.1 cm³/mol. The van der Waals surface area contributed by atoms with Crippen molar-refractivity contribution >= 4 is 25.6 Å². The Morgan fingerprint density at radius 1 is 1.29 bits per heavy atom. The fourth-order valence-corrected chi connectivity index (χ4v) is 4.59. The molecule has 2 aliphatic rings. The molecule has 0 amide bonds. The van der Waals surface area contributed by atoms with Crippen molar-refractivity contribution in [3.63, 3.8) is 0 Å². The smallest absolute Gasteiger partial charge is 0.195 e. The van der Waals surface area contributed by atoms with Gasteiger partial charge in [0.05, 0.1) is 0 Å². The third kappa shape index (κ3) is 3.09. The first-order chi connectivity index (χ1) is 11.0. The van der Waals surface area contributed by atoms with E-state index in [1.807, 2.05) is 0 Å². The van der Waals surface area contributed by atoms with Crippen LogP contribution in [0.2, 0.25) is 23.2 Å². The molecule has 2 atom stereocenters. The Kier molecular flexibility index (Phi) is 4.27. The van der Waals surface area contributed by atoms with E-state index in [1.165, 1.54) is 0 Å². The molecule has 2 heterocycles. The van der Waals surface area contributed by atoms with Crippen LogP contribution in [0.5, 0.6) is 0 Å². The molecule has 3 nitrogen and oxygen atoms in total. The molecule has 0 aromatic heterocycles. The number of fused-ring (bicyclic) bond motifs is 1. The zero-order valence-corrected chi connectivity index (χ0v) is 16.5. The Hall–Kier alpha value is -0.693. The van der Waals surface area contributed by atoms with Crippen molar-refractivity contribution in [3.8, 4) is 0 Å². The van der Waals surface area contributed by atoms with E-state index >= 15 is 0 Å². The second kappa shape index (κ2) is 5.66. The summed E-state index contributed by atoms with van der Waals surface area (Å²) < 4.78 is 40.6. The number of hydrogen-bond donors (Lipinski definition) is 0. The van der Waals surface area contributed by atoms with Crippen molar-refractivity contribution in [1.29, 1.82) is 0 Å². The van der Waals surface area contributed by atoms with E-state index in [9.17, 15) is 8.78 Å². The maximum atomic E-state index is 14.1. The van der Waals surface area contributed by atoms with Gasteiger partial charge in [-0.05, 0) is 30.3 Å². The molecular weight excluding hydrogens is 352 g/mol. The number of halogens is 3. The summed E-state index contributed by atoms with van der Waals surface area (Å²) in [6, 6.07) is 2.28. The summed E-state index contributed by atoms with van der Waals surface area (Å²) in [5, 5.41) is 0.146. The summed E-state index contributed by atoms with van der Waals surface area (Å²) in [6.07, 6.45) is 0.459. The molecule has 134 valence electrons. The third-order valence-electron chi connectivity index (χ3n) is 5.42. The molecule has 0 N–H and O–H groups in total. The highest BCUT2D eigenvalue weighted by atomic mass is 35.5. The van der Waals surface area contributed by atoms with Crippen molar-refractivity contribution in [2.24, 2.45) is 0 Å². The number of hydrogen-bond acceptors (Lipinski definition) is 3. The summed E-state index contributed by atoms with van der Waals surface area (Å²) in [5.74, 6) is -1.85. The van der Waals surface area contributed by atoms with Crippen LogP contribution in [0.4, 0.5) is 14.5 Å². The molecule has 24 heavy (non-hydrogen) atoms. The topological polar surface area (TPSA) is 25.0 Å². The Bertz CT molecular complexity index is 641. The molecule has 1 aromatic carbocycles. The van der Waals surface area contributed by atoms with Crippen molar-refractivity contribution in [1.82, 2.24) is 0 Å². The van der Waals surface area contributed by atoms with Gasteiger partial charge in [0.2, 0.25) is 0 Å². The molecule has 3 rings (SSSR count). The maximum Gasteiger partial charge on any atom is 0.195 e. The van der Waals surface area contributed by atoms with Crippen LogP contribution in [0, 0.1) is 11.6 Å². The third-order valence-corrected chi connectivity index (χ3v) is 10.1.